The Balaban J connectivity index is 2.25. The SMILES string of the molecule is O=[N+]([O-])C1CCC(O)CC1c1ccc(F)cc1. The molecule has 3 atom stereocenters. The van der Waals surface area contributed by atoms with Crippen molar-refractivity contribution < 1.29 is 14.4 Å². The zero-order valence-electron chi connectivity index (χ0n) is 9.25. The first-order valence-electron chi connectivity index (χ1n) is 5.65. The average molecular weight is 239 g/mol. The van der Waals surface area contributed by atoms with Gasteiger partial charge in [-0.25, -0.2) is 4.39 Å². The summed E-state index contributed by atoms with van der Waals surface area (Å²) < 4.78 is 12.8. The normalized spacial score (nSPS) is 28.9. The molecule has 1 fully saturated rings. The van der Waals surface area contributed by atoms with Gasteiger partial charge in [0.2, 0.25) is 6.04 Å². The van der Waals surface area contributed by atoms with E-state index in [2.05, 4.69) is 0 Å². The molecule has 1 aliphatic carbocycles. The molecule has 1 N–H and O–H groups in total. The zero-order valence-corrected chi connectivity index (χ0v) is 9.25. The zero-order chi connectivity index (χ0) is 12.4. The van der Waals surface area contributed by atoms with Crippen molar-refractivity contribution in [2.24, 2.45) is 0 Å². The van der Waals surface area contributed by atoms with Crippen LogP contribution >= 0.6 is 0 Å². The highest BCUT2D eigenvalue weighted by Gasteiger charge is 2.38. The van der Waals surface area contributed by atoms with Crippen molar-refractivity contribution in [3.05, 3.63) is 45.8 Å². The highest BCUT2D eigenvalue weighted by molar-refractivity contribution is 5.22. The molecule has 1 aromatic rings. The summed E-state index contributed by atoms with van der Waals surface area (Å²) in [5.74, 6) is -0.683. The van der Waals surface area contributed by atoms with Crippen LogP contribution < -0.4 is 0 Å². The molecule has 0 spiro atoms. The predicted octanol–water partition coefficient (Wildman–Crippen LogP) is 2.10. The highest BCUT2D eigenvalue weighted by Crippen LogP contribution is 2.34. The maximum atomic E-state index is 12.8. The third kappa shape index (κ3) is 2.61. The molecule has 1 aromatic carbocycles. The van der Waals surface area contributed by atoms with Crippen LogP contribution in [0.5, 0.6) is 0 Å². The van der Waals surface area contributed by atoms with Gasteiger partial charge in [-0.3, -0.25) is 10.1 Å². The van der Waals surface area contributed by atoms with E-state index in [-0.39, 0.29) is 16.7 Å². The molecule has 0 amide bonds. The van der Waals surface area contributed by atoms with Gasteiger partial charge in [0.25, 0.3) is 0 Å². The summed E-state index contributed by atoms with van der Waals surface area (Å²) in [6.07, 6.45) is 0.706. The number of rotatable bonds is 2. The van der Waals surface area contributed by atoms with Crippen LogP contribution in [0, 0.1) is 15.9 Å². The van der Waals surface area contributed by atoms with Crippen molar-refractivity contribution in [1.82, 2.24) is 0 Å². The topological polar surface area (TPSA) is 63.4 Å². The van der Waals surface area contributed by atoms with Crippen LogP contribution in [0.15, 0.2) is 24.3 Å². The summed E-state index contributed by atoms with van der Waals surface area (Å²) in [6, 6.07) is 5.05. The summed E-state index contributed by atoms with van der Waals surface area (Å²) in [5, 5.41) is 20.6. The lowest BCUT2D eigenvalue weighted by molar-refractivity contribution is -0.531. The molecule has 0 aliphatic heterocycles. The quantitative estimate of drug-likeness (QED) is 0.635. The predicted molar refractivity (Wildman–Crippen MR) is 59.8 cm³/mol. The van der Waals surface area contributed by atoms with E-state index in [0.717, 1.165) is 5.56 Å². The Morgan fingerprint density at radius 3 is 2.53 bits per heavy atom. The molecule has 17 heavy (non-hydrogen) atoms. The van der Waals surface area contributed by atoms with Gasteiger partial charge in [-0.15, -0.1) is 0 Å². The molecule has 5 heteroatoms. The van der Waals surface area contributed by atoms with Crippen LogP contribution in [0.3, 0.4) is 0 Å². The van der Waals surface area contributed by atoms with Gasteiger partial charge in [0, 0.05) is 11.3 Å². The molecular weight excluding hydrogens is 225 g/mol. The van der Waals surface area contributed by atoms with Gasteiger partial charge in [-0.05, 0) is 30.5 Å². The van der Waals surface area contributed by atoms with E-state index < -0.39 is 12.1 Å². The smallest absolute Gasteiger partial charge is 0.220 e. The van der Waals surface area contributed by atoms with E-state index >= 15 is 0 Å². The summed E-state index contributed by atoms with van der Waals surface area (Å²) in [7, 11) is 0. The molecule has 1 saturated carbocycles. The summed E-state index contributed by atoms with van der Waals surface area (Å²) in [4.78, 5) is 10.7. The van der Waals surface area contributed by atoms with Crippen LogP contribution in [-0.4, -0.2) is 22.2 Å². The van der Waals surface area contributed by atoms with Crippen molar-refractivity contribution in [1.29, 1.82) is 0 Å². The van der Waals surface area contributed by atoms with E-state index in [1.165, 1.54) is 12.1 Å². The van der Waals surface area contributed by atoms with Gasteiger partial charge in [-0.1, -0.05) is 12.1 Å². The van der Waals surface area contributed by atoms with Crippen LogP contribution in [0.2, 0.25) is 0 Å². The fraction of sp³-hybridized carbons (Fsp3) is 0.500. The Hall–Kier alpha value is -1.49. The third-order valence-electron chi connectivity index (χ3n) is 3.36. The first-order chi connectivity index (χ1) is 8.08. The maximum absolute atomic E-state index is 12.8. The minimum Gasteiger partial charge on any atom is -0.393 e. The van der Waals surface area contributed by atoms with Gasteiger partial charge in [0.05, 0.1) is 12.0 Å². The van der Waals surface area contributed by atoms with Gasteiger partial charge < -0.3 is 5.11 Å². The van der Waals surface area contributed by atoms with Crippen molar-refractivity contribution in [3.8, 4) is 0 Å². The first kappa shape index (κ1) is 12.0. The summed E-state index contributed by atoms with van der Waals surface area (Å²) in [5.41, 5.74) is 0.729. The van der Waals surface area contributed by atoms with E-state index in [0.29, 0.717) is 19.3 Å². The van der Waals surface area contributed by atoms with Crippen molar-refractivity contribution in [2.45, 2.75) is 37.3 Å². The molecular formula is C12H14FNO3. The van der Waals surface area contributed by atoms with Gasteiger partial charge in [0.1, 0.15) is 5.82 Å². The first-order valence-corrected chi connectivity index (χ1v) is 5.65. The Morgan fingerprint density at radius 2 is 1.94 bits per heavy atom. The molecule has 92 valence electrons. The molecule has 0 aromatic heterocycles. The minimum atomic E-state index is -0.677. The Bertz CT molecular complexity index is 407. The highest BCUT2D eigenvalue weighted by atomic mass is 19.1. The lowest BCUT2D eigenvalue weighted by Gasteiger charge is -2.28. The lowest BCUT2D eigenvalue weighted by atomic mass is 9.79. The molecule has 0 heterocycles. The average Bonchev–Trinajstić information content (AvgIpc) is 2.29. The second kappa shape index (κ2) is 4.79. The Morgan fingerprint density at radius 1 is 1.29 bits per heavy atom. The van der Waals surface area contributed by atoms with Gasteiger partial charge in [0.15, 0.2) is 0 Å². The molecule has 2 rings (SSSR count). The molecule has 1 aliphatic rings. The molecule has 0 radical (unpaired) electrons. The van der Waals surface area contributed by atoms with Crippen molar-refractivity contribution in [2.75, 3.05) is 0 Å². The van der Waals surface area contributed by atoms with Gasteiger partial charge >= 0.3 is 0 Å². The van der Waals surface area contributed by atoms with E-state index in [9.17, 15) is 19.6 Å². The van der Waals surface area contributed by atoms with Crippen molar-refractivity contribution in [3.63, 3.8) is 0 Å². The van der Waals surface area contributed by atoms with E-state index in [4.69, 9.17) is 0 Å². The molecule has 0 bridgehead atoms. The van der Waals surface area contributed by atoms with Gasteiger partial charge in [-0.2, -0.15) is 0 Å². The third-order valence-corrected chi connectivity index (χ3v) is 3.36. The number of hydrogen-bond acceptors (Lipinski definition) is 3. The van der Waals surface area contributed by atoms with Crippen molar-refractivity contribution >= 4 is 0 Å². The maximum Gasteiger partial charge on any atom is 0.220 e. The minimum absolute atomic E-state index is 0.292. The molecule has 0 saturated heterocycles. The Kier molecular flexibility index (Phi) is 3.38. The Labute approximate surface area is 98.2 Å². The van der Waals surface area contributed by atoms with Crippen LogP contribution in [0.4, 0.5) is 4.39 Å². The summed E-state index contributed by atoms with van der Waals surface area (Å²) >= 11 is 0. The number of aliphatic hydroxyl groups is 1. The number of aliphatic hydroxyl groups excluding tert-OH is 1. The second-order valence-electron chi connectivity index (χ2n) is 4.48. The lowest BCUT2D eigenvalue weighted by Crippen LogP contribution is -2.35. The van der Waals surface area contributed by atoms with Crippen LogP contribution in [0.25, 0.3) is 0 Å². The van der Waals surface area contributed by atoms with Crippen LogP contribution in [-0.2, 0) is 0 Å². The second-order valence-corrected chi connectivity index (χ2v) is 4.48. The fourth-order valence-electron chi connectivity index (χ4n) is 2.45. The summed E-state index contributed by atoms with van der Waals surface area (Å²) in [6.45, 7) is 0. The standard InChI is InChI=1S/C12H14FNO3/c13-9-3-1-8(2-4-9)11-7-10(15)5-6-12(11)14(16)17/h1-4,10-12,15H,5-7H2. The number of hydrogen-bond donors (Lipinski definition) is 1. The fourth-order valence-corrected chi connectivity index (χ4v) is 2.45. The number of nitro groups is 1. The molecule has 3 unspecified atom stereocenters. The largest absolute Gasteiger partial charge is 0.393 e. The van der Waals surface area contributed by atoms with E-state index in [1.807, 2.05) is 0 Å². The monoisotopic (exact) mass is 239 g/mol. The van der Waals surface area contributed by atoms with E-state index in [1.54, 1.807) is 12.1 Å². The number of nitrogens with zero attached hydrogens (tertiary/aromatic N) is 1. The molecule has 4 nitrogen and oxygen atoms in total. The number of benzene rings is 1. The number of halogens is 1. The van der Waals surface area contributed by atoms with Crippen LogP contribution in [0.1, 0.15) is 30.7 Å².